The average molecular weight is 261 g/mol. The van der Waals surface area contributed by atoms with Crippen LogP contribution >= 0.6 is 0 Å². The molecule has 20 heavy (non-hydrogen) atoms. The molecule has 3 aromatic rings. The highest BCUT2D eigenvalue weighted by Crippen LogP contribution is 2.18. The lowest BCUT2D eigenvalue weighted by molar-refractivity contribution is 0.102. The molecule has 3 rings (SSSR count). The molecule has 2 N–H and O–H groups in total. The summed E-state index contributed by atoms with van der Waals surface area (Å²) in [4.78, 5) is 15.3. The Morgan fingerprint density at radius 3 is 2.65 bits per heavy atom. The van der Waals surface area contributed by atoms with Gasteiger partial charge in [-0.15, -0.1) is 0 Å². The highest BCUT2D eigenvalue weighted by molar-refractivity contribution is 6.06. The van der Waals surface area contributed by atoms with Crippen molar-refractivity contribution >= 4 is 22.5 Å². The number of carbonyl (C=O) groups is 1. The number of aromatic amines is 1. The highest BCUT2D eigenvalue weighted by atomic mass is 16.1. The first kappa shape index (κ1) is 12.0. The van der Waals surface area contributed by atoms with E-state index in [0.717, 1.165) is 10.9 Å². The Morgan fingerprint density at radius 1 is 1.10 bits per heavy atom. The van der Waals surface area contributed by atoms with Crippen LogP contribution in [0.2, 0.25) is 0 Å². The highest BCUT2D eigenvalue weighted by Gasteiger charge is 2.11. The van der Waals surface area contributed by atoms with Crippen LogP contribution in [0.3, 0.4) is 0 Å². The lowest BCUT2D eigenvalue weighted by atomic mass is 10.2. The van der Waals surface area contributed by atoms with Crippen LogP contribution in [0, 0.1) is 11.3 Å². The van der Waals surface area contributed by atoms with E-state index >= 15 is 0 Å². The molecule has 0 bridgehead atoms. The van der Waals surface area contributed by atoms with E-state index in [1.54, 1.807) is 30.3 Å². The maximum Gasteiger partial charge on any atom is 0.272 e. The zero-order valence-electron chi connectivity index (χ0n) is 10.6. The van der Waals surface area contributed by atoms with Gasteiger partial charge in [-0.1, -0.05) is 30.3 Å². The van der Waals surface area contributed by atoms with E-state index in [9.17, 15) is 4.79 Å². The van der Waals surface area contributed by atoms with Gasteiger partial charge < -0.3 is 10.3 Å². The molecule has 0 spiro atoms. The average Bonchev–Trinajstić information content (AvgIpc) is 2.92. The Labute approximate surface area is 115 Å². The van der Waals surface area contributed by atoms with E-state index in [1.807, 2.05) is 24.3 Å². The maximum atomic E-state index is 12.2. The summed E-state index contributed by atoms with van der Waals surface area (Å²) in [6.45, 7) is 0. The van der Waals surface area contributed by atoms with Crippen LogP contribution in [0.25, 0.3) is 10.9 Å². The van der Waals surface area contributed by atoms with Crippen LogP contribution < -0.4 is 5.32 Å². The third-order valence-electron chi connectivity index (χ3n) is 3.07. The number of anilines is 1. The molecule has 0 fully saturated rings. The van der Waals surface area contributed by atoms with Gasteiger partial charge in [-0.3, -0.25) is 4.79 Å². The van der Waals surface area contributed by atoms with E-state index in [1.165, 1.54) is 0 Å². The third kappa shape index (κ3) is 2.13. The molecule has 2 aromatic carbocycles. The van der Waals surface area contributed by atoms with Crippen LogP contribution in [-0.2, 0) is 0 Å². The van der Waals surface area contributed by atoms with Crippen molar-refractivity contribution in [3.63, 3.8) is 0 Å². The predicted octanol–water partition coefficient (Wildman–Crippen LogP) is 3.29. The van der Waals surface area contributed by atoms with Gasteiger partial charge in [-0.2, -0.15) is 5.26 Å². The fraction of sp³-hybridized carbons (Fsp3) is 0. The van der Waals surface area contributed by atoms with Crippen LogP contribution in [0.4, 0.5) is 5.69 Å². The first-order valence-electron chi connectivity index (χ1n) is 6.16. The molecule has 0 aliphatic carbocycles. The van der Waals surface area contributed by atoms with Gasteiger partial charge in [0.1, 0.15) is 11.8 Å². The minimum atomic E-state index is -0.260. The van der Waals surface area contributed by atoms with Gasteiger partial charge in [0.25, 0.3) is 5.91 Å². The first-order chi connectivity index (χ1) is 9.78. The van der Waals surface area contributed by atoms with Gasteiger partial charge in [0.2, 0.25) is 0 Å². The number of amides is 1. The second-order valence-corrected chi connectivity index (χ2v) is 4.38. The molecule has 0 saturated heterocycles. The van der Waals surface area contributed by atoms with Crippen molar-refractivity contribution in [1.29, 1.82) is 5.26 Å². The van der Waals surface area contributed by atoms with Crippen molar-refractivity contribution in [2.24, 2.45) is 0 Å². The third-order valence-corrected chi connectivity index (χ3v) is 3.07. The molecule has 4 heteroatoms. The molecule has 0 saturated carbocycles. The fourth-order valence-corrected chi connectivity index (χ4v) is 2.07. The van der Waals surface area contributed by atoms with Crippen molar-refractivity contribution in [2.75, 3.05) is 5.32 Å². The lowest BCUT2D eigenvalue weighted by Crippen LogP contribution is -2.13. The Balaban J connectivity index is 1.91. The number of hydrogen-bond acceptors (Lipinski definition) is 2. The van der Waals surface area contributed by atoms with E-state index in [0.29, 0.717) is 16.9 Å². The van der Waals surface area contributed by atoms with E-state index in [2.05, 4.69) is 16.4 Å². The summed E-state index contributed by atoms with van der Waals surface area (Å²) in [6, 6.07) is 18.4. The number of rotatable bonds is 2. The number of fused-ring (bicyclic) bond motifs is 1. The second-order valence-electron chi connectivity index (χ2n) is 4.38. The summed E-state index contributed by atoms with van der Waals surface area (Å²) in [7, 11) is 0. The first-order valence-corrected chi connectivity index (χ1v) is 6.16. The Bertz CT molecular complexity index is 794. The van der Waals surface area contributed by atoms with Gasteiger partial charge in [-0.05, 0) is 24.3 Å². The summed E-state index contributed by atoms with van der Waals surface area (Å²) < 4.78 is 0. The lowest BCUT2D eigenvalue weighted by Gasteiger charge is -2.05. The Morgan fingerprint density at radius 2 is 1.85 bits per heavy atom. The standard InChI is InChI=1S/C16H11N3O/c17-10-12-6-2-4-8-14(12)19-16(20)15-9-11-5-1-3-7-13(11)18-15/h1-9,18H,(H,19,20). The number of H-pyrrole nitrogens is 1. The van der Waals surface area contributed by atoms with Crippen molar-refractivity contribution in [1.82, 2.24) is 4.98 Å². The largest absolute Gasteiger partial charge is 0.351 e. The number of nitrogens with zero attached hydrogens (tertiary/aromatic N) is 1. The van der Waals surface area contributed by atoms with Gasteiger partial charge in [0.15, 0.2) is 0 Å². The van der Waals surface area contributed by atoms with E-state index < -0.39 is 0 Å². The number of nitriles is 1. The molecule has 0 unspecified atom stereocenters. The molecule has 1 heterocycles. The minimum absolute atomic E-state index is 0.260. The molecule has 0 radical (unpaired) electrons. The van der Waals surface area contributed by atoms with Crippen molar-refractivity contribution in [3.05, 3.63) is 65.9 Å². The molecule has 1 amide bonds. The molecule has 0 aliphatic rings. The minimum Gasteiger partial charge on any atom is -0.351 e. The quantitative estimate of drug-likeness (QED) is 0.743. The van der Waals surface area contributed by atoms with Crippen molar-refractivity contribution in [2.45, 2.75) is 0 Å². The predicted molar refractivity (Wildman–Crippen MR) is 77.4 cm³/mol. The summed E-state index contributed by atoms with van der Waals surface area (Å²) >= 11 is 0. The van der Waals surface area contributed by atoms with Gasteiger partial charge in [-0.25, -0.2) is 0 Å². The molecule has 96 valence electrons. The number of aromatic nitrogens is 1. The summed E-state index contributed by atoms with van der Waals surface area (Å²) in [5.41, 5.74) is 2.33. The van der Waals surface area contributed by atoms with E-state index in [4.69, 9.17) is 5.26 Å². The van der Waals surface area contributed by atoms with E-state index in [-0.39, 0.29) is 5.91 Å². The second kappa shape index (κ2) is 4.90. The zero-order valence-corrected chi connectivity index (χ0v) is 10.6. The van der Waals surface area contributed by atoms with Crippen LogP contribution in [0.15, 0.2) is 54.6 Å². The molecule has 0 atom stereocenters. The summed E-state index contributed by atoms with van der Waals surface area (Å²) in [5.74, 6) is -0.260. The van der Waals surface area contributed by atoms with Crippen LogP contribution in [-0.4, -0.2) is 10.9 Å². The number of hydrogen-bond donors (Lipinski definition) is 2. The molecule has 4 nitrogen and oxygen atoms in total. The fourth-order valence-electron chi connectivity index (χ4n) is 2.07. The Hall–Kier alpha value is -3.06. The topological polar surface area (TPSA) is 68.7 Å². The molecule has 1 aromatic heterocycles. The maximum absolute atomic E-state index is 12.2. The molecule has 0 aliphatic heterocycles. The van der Waals surface area contributed by atoms with Crippen LogP contribution in [0.5, 0.6) is 0 Å². The number of benzene rings is 2. The smallest absolute Gasteiger partial charge is 0.272 e. The Kier molecular flexibility index (Phi) is 2.94. The van der Waals surface area contributed by atoms with Gasteiger partial charge in [0.05, 0.1) is 11.3 Å². The van der Waals surface area contributed by atoms with Crippen LogP contribution in [0.1, 0.15) is 16.1 Å². The number of para-hydroxylation sites is 2. The summed E-state index contributed by atoms with van der Waals surface area (Å²) in [5, 5.41) is 12.7. The molecular formula is C16H11N3O. The van der Waals surface area contributed by atoms with Gasteiger partial charge in [0, 0.05) is 10.9 Å². The van der Waals surface area contributed by atoms with Crippen molar-refractivity contribution in [3.8, 4) is 6.07 Å². The monoisotopic (exact) mass is 261 g/mol. The van der Waals surface area contributed by atoms with Crippen molar-refractivity contribution < 1.29 is 4.79 Å². The number of nitrogens with one attached hydrogen (secondary N) is 2. The summed E-state index contributed by atoms with van der Waals surface area (Å²) in [6.07, 6.45) is 0. The SMILES string of the molecule is N#Cc1ccccc1NC(=O)c1cc2ccccc2[nH]1. The number of carbonyl (C=O) groups excluding carboxylic acids is 1. The zero-order chi connectivity index (χ0) is 13.9. The van der Waals surface area contributed by atoms with Gasteiger partial charge >= 0.3 is 0 Å². The molecular weight excluding hydrogens is 250 g/mol. The normalized spacial score (nSPS) is 10.2.